The largest absolute Gasteiger partial charge is 0.332 e. The third kappa shape index (κ3) is 2.07. The van der Waals surface area contributed by atoms with Crippen LogP contribution < -0.4 is 17.0 Å². The molecule has 20 heavy (non-hydrogen) atoms. The molecule has 2 heterocycles. The quantitative estimate of drug-likeness (QED) is 0.845. The molecule has 0 aromatic carbocycles. The molecule has 0 aliphatic heterocycles. The van der Waals surface area contributed by atoms with E-state index in [4.69, 9.17) is 5.73 Å². The predicted molar refractivity (Wildman–Crippen MR) is 77.7 cm³/mol. The first-order valence-corrected chi connectivity index (χ1v) is 6.95. The Morgan fingerprint density at radius 1 is 1.20 bits per heavy atom. The topological polar surface area (TPSA) is 87.8 Å². The lowest BCUT2D eigenvalue weighted by Gasteiger charge is -2.09. The van der Waals surface area contributed by atoms with Crippen molar-refractivity contribution in [3.8, 4) is 0 Å². The Bertz CT molecular complexity index is 738. The van der Waals surface area contributed by atoms with Crippen LogP contribution in [0.3, 0.4) is 0 Å². The van der Waals surface area contributed by atoms with E-state index in [1.165, 1.54) is 4.57 Å². The standard InChI is InChI=1S/C13H21N5O2/c1-4-6-7-18-11-10(16(3)9(8-14)15-11)12(19)17(5-2)13(18)20/h4-8,14H2,1-3H3. The van der Waals surface area contributed by atoms with Crippen LogP contribution in [0.15, 0.2) is 9.59 Å². The number of nitrogens with zero attached hydrogens (tertiary/aromatic N) is 4. The van der Waals surface area contributed by atoms with Crippen LogP contribution in [-0.4, -0.2) is 18.7 Å². The number of hydrogen-bond acceptors (Lipinski definition) is 4. The molecule has 2 aromatic rings. The highest BCUT2D eigenvalue weighted by Gasteiger charge is 2.18. The molecule has 0 fully saturated rings. The van der Waals surface area contributed by atoms with Gasteiger partial charge in [-0.05, 0) is 13.3 Å². The highest BCUT2D eigenvalue weighted by atomic mass is 16.2. The summed E-state index contributed by atoms with van der Waals surface area (Å²) in [6, 6.07) is 0. The molecule has 0 atom stereocenters. The number of imidazole rings is 1. The third-order valence-corrected chi connectivity index (χ3v) is 3.57. The zero-order valence-electron chi connectivity index (χ0n) is 12.2. The molecule has 2 aromatic heterocycles. The average molecular weight is 279 g/mol. The summed E-state index contributed by atoms with van der Waals surface area (Å²) >= 11 is 0. The summed E-state index contributed by atoms with van der Waals surface area (Å²) in [6.07, 6.45) is 1.83. The van der Waals surface area contributed by atoms with Crippen molar-refractivity contribution >= 4 is 11.2 Å². The number of unbranched alkanes of at least 4 members (excludes halogenated alkanes) is 1. The highest BCUT2D eigenvalue weighted by molar-refractivity contribution is 5.71. The minimum Gasteiger partial charge on any atom is -0.324 e. The highest BCUT2D eigenvalue weighted by Crippen LogP contribution is 2.10. The van der Waals surface area contributed by atoms with Crippen LogP contribution in [-0.2, 0) is 26.7 Å². The molecule has 0 amide bonds. The normalized spacial score (nSPS) is 11.4. The summed E-state index contributed by atoms with van der Waals surface area (Å²) in [4.78, 5) is 29.2. The van der Waals surface area contributed by atoms with Crippen molar-refractivity contribution in [2.24, 2.45) is 12.8 Å². The lowest BCUT2D eigenvalue weighted by atomic mass is 10.3. The number of fused-ring (bicyclic) bond motifs is 1. The van der Waals surface area contributed by atoms with E-state index in [9.17, 15) is 9.59 Å². The number of aryl methyl sites for hydroxylation is 2. The fourth-order valence-electron chi connectivity index (χ4n) is 2.39. The monoisotopic (exact) mass is 279 g/mol. The molecule has 0 unspecified atom stereocenters. The Morgan fingerprint density at radius 2 is 1.90 bits per heavy atom. The molecule has 0 bridgehead atoms. The summed E-state index contributed by atoms with van der Waals surface area (Å²) in [5.41, 5.74) is 5.95. The van der Waals surface area contributed by atoms with E-state index in [1.54, 1.807) is 23.1 Å². The van der Waals surface area contributed by atoms with E-state index >= 15 is 0 Å². The van der Waals surface area contributed by atoms with Crippen molar-refractivity contribution in [1.82, 2.24) is 18.7 Å². The van der Waals surface area contributed by atoms with Gasteiger partial charge in [0.05, 0.1) is 6.54 Å². The first-order valence-electron chi connectivity index (χ1n) is 6.95. The Balaban J connectivity index is 2.88. The average Bonchev–Trinajstić information content (AvgIpc) is 2.76. The molecule has 7 heteroatoms. The van der Waals surface area contributed by atoms with Crippen molar-refractivity contribution in [2.45, 2.75) is 46.3 Å². The molecular formula is C13H21N5O2. The third-order valence-electron chi connectivity index (χ3n) is 3.57. The Hall–Kier alpha value is -1.89. The van der Waals surface area contributed by atoms with E-state index in [1.807, 2.05) is 0 Å². The van der Waals surface area contributed by atoms with Crippen LogP contribution >= 0.6 is 0 Å². The number of aromatic nitrogens is 4. The van der Waals surface area contributed by atoms with E-state index < -0.39 is 0 Å². The first-order chi connectivity index (χ1) is 9.56. The summed E-state index contributed by atoms with van der Waals surface area (Å²) in [5.74, 6) is 0.607. The van der Waals surface area contributed by atoms with Gasteiger partial charge in [-0.25, -0.2) is 9.78 Å². The van der Waals surface area contributed by atoms with Gasteiger partial charge in [0.25, 0.3) is 5.56 Å². The molecule has 110 valence electrons. The predicted octanol–water partition coefficient (Wildman–Crippen LogP) is 0.175. The summed E-state index contributed by atoms with van der Waals surface area (Å²) < 4.78 is 4.52. The number of hydrogen-bond donors (Lipinski definition) is 1. The molecule has 2 rings (SSSR count). The second kappa shape index (κ2) is 5.62. The van der Waals surface area contributed by atoms with Gasteiger partial charge < -0.3 is 10.3 Å². The van der Waals surface area contributed by atoms with Crippen LogP contribution in [0.4, 0.5) is 0 Å². The van der Waals surface area contributed by atoms with E-state index in [0.29, 0.717) is 30.1 Å². The van der Waals surface area contributed by atoms with Crippen molar-refractivity contribution in [1.29, 1.82) is 0 Å². The summed E-state index contributed by atoms with van der Waals surface area (Å²) in [6.45, 7) is 5.00. The number of nitrogens with two attached hydrogens (primary N) is 1. The summed E-state index contributed by atoms with van der Waals surface area (Å²) in [7, 11) is 1.76. The van der Waals surface area contributed by atoms with Gasteiger partial charge in [0, 0.05) is 20.1 Å². The van der Waals surface area contributed by atoms with Gasteiger partial charge in [0.2, 0.25) is 0 Å². The van der Waals surface area contributed by atoms with Gasteiger partial charge in [-0.3, -0.25) is 13.9 Å². The van der Waals surface area contributed by atoms with Gasteiger partial charge in [0.1, 0.15) is 5.82 Å². The molecule has 0 aliphatic carbocycles. The van der Waals surface area contributed by atoms with Gasteiger partial charge in [-0.15, -0.1) is 0 Å². The van der Waals surface area contributed by atoms with Crippen molar-refractivity contribution in [3.05, 3.63) is 26.7 Å². The van der Waals surface area contributed by atoms with Crippen LogP contribution in [0.2, 0.25) is 0 Å². The Kier molecular flexibility index (Phi) is 4.08. The van der Waals surface area contributed by atoms with Gasteiger partial charge in [0.15, 0.2) is 11.2 Å². The second-order valence-electron chi connectivity index (χ2n) is 4.80. The van der Waals surface area contributed by atoms with Crippen LogP contribution in [0.5, 0.6) is 0 Å². The van der Waals surface area contributed by atoms with E-state index in [-0.39, 0.29) is 17.8 Å². The fourth-order valence-corrected chi connectivity index (χ4v) is 2.39. The van der Waals surface area contributed by atoms with Gasteiger partial charge in [-0.1, -0.05) is 13.3 Å². The van der Waals surface area contributed by atoms with Crippen molar-refractivity contribution < 1.29 is 0 Å². The van der Waals surface area contributed by atoms with Crippen LogP contribution in [0.1, 0.15) is 32.5 Å². The number of rotatable bonds is 5. The van der Waals surface area contributed by atoms with Crippen molar-refractivity contribution in [2.75, 3.05) is 0 Å². The molecule has 0 aliphatic rings. The van der Waals surface area contributed by atoms with Gasteiger partial charge >= 0.3 is 5.69 Å². The maximum atomic E-state index is 12.4. The maximum absolute atomic E-state index is 12.4. The lowest BCUT2D eigenvalue weighted by molar-refractivity contribution is 0.561. The van der Waals surface area contributed by atoms with Crippen LogP contribution in [0, 0.1) is 0 Å². The molecule has 2 N–H and O–H groups in total. The molecule has 0 saturated carbocycles. The second-order valence-corrected chi connectivity index (χ2v) is 4.80. The van der Waals surface area contributed by atoms with Crippen molar-refractivity contribution in [3.63, 3.8) is 0 Å². The molecule has 0 spiro atoms. The molecule has 0 radical (unpaired) electrons. The minimum absolute atomic E-state index is 0.235. The molecule has 7 nitrogen and oxygen atoms in total. The van der Waals surface area contributed by atoms with E-state index in [0.717, 1.165) is 12.8 Å². The maximum Gasteiger partial charge on any atom is 0.332 e. The Morgan fingerprint density at radius 3 is 2.45 bits per heavy atom. The zero-order chi connectivity index (χ0) is 14.9. The minimum atomic E-state index is -0.296. The molecule has 0 saturated heterocycles. The van der Waals surface area contributed by atoms with E-state index in [2.05, 4.69) is 11.9 Å². The SMILES string of the molecule is CCCCn1c(=O)n(CC)c(=O)c2c1nc(CN)n2C. The zero-order valence-corrected chi connectivity index (χ0v) is 12.2. The Labute approximate surface area is 116 Å². The fraction of sp³-hybridized carbons (Fsp3) is 0.615. The molecular weight excluding hydrogens is 258 g/mol. The van der Waals surface area contributed by atoms with Crippen LogP contribution in [0.25, 0.3) is 11.2 Å². The smallest absolute Gasteiger partial charge is 0.324 e. The lowest BCUT2D eigenvalue weighted by Crippen LogP contribution is -2.40. The van der Waals surface area contributed by atoms with Gasteiger partial charge in [-0.2, -0.15) is 0 Å². The summed E-state index contributed by atoms with van der Waals surface area (Å²) in [5, 5.41) is 0. The first kappa shape index (κ1) is 14.5.